The van der Waals surface area contributed by atoms with Crippen molar-refractivity contribution in [3.63, 3.8) is 0 Å². The van der Waals surface area contributed by atoms with E-state index in [0.29, 0.717) is 12.8 Å². The zero-order valence-electron chi connectivity index (χ0n) is 32.6. The van der Waals surface area contributed by atoms with E-state index in [-0.39, 0.29) is 18.9 Å². The number of carbonyl (C=O) groups excluding carboxylic acids is 1. The second kappa shape index (κ2) is 25.4. The second-order valence-corrected chi connectivity index (χ2v) is 15.1. The molecule has 0 aliphatic carbocycles. The van der Waals surface area contributed by atoms with Gasteiger partial charge in [-0.25, -0.2) is 0 Å². The maximum Gasteiger partial charge on any atom is 0.220 e. The molecular weight excluding hydrogens is 746 g/mol. The summed E-state index contributed by atoms with van der Waals surface area (Å²) < 4.78 is 33.7. The Morgan fingerprint density at radius 1 is 0.571 bits per heavy atom. The number of carbonyl (C=O) groups is 1. The molecule has 19 heteroatoms. The maximum atomic E-state index is 12.5. The van der Waals surface area contributed by atoms with Crippen molar-refractivity contribution >= 4 is 5.91 Å². The Bertz CT molecular complexity index is 1070. The molecule has 330 valence electrons. The van der Waals surface area contributed by atoms with Crippen LogP contribution in [0.25, 0.3) is 0 Å². The van der Waals surface area contributed by atoms with Crippen molar-refractivity contribution in [1.82, 2.24) is 5.32 Å². The summed E-state index contributed by atoms with van der Waals surface area (Å²) in [6.07, 6.45) is -14.0. The van der Waals surface area contributed by atoms with E-state index in [1.54, 1.807) is 0 Å². The highest BCUT2D eigenvalue weighted by molar-refractivity contribution is 5.76. The van der Waals surface area contributed by atoms with Crippen LogP contribution in [0.2, 0.25) is 0 Å². The zero-order chi connectivity index (χ0) is 41.4. The lowest BCUT2D eigenvalue weighted by atomic mass is 9.96. The highest BCUT2D eigenvalue weighted by atomic mass is 16.8. The third-order valence-corrected chi connectivity index (χ3v) is 10.7. The Hall–Kier alpha value is -1.21. The molecule has 0 bridgehead atoms. The van der Waals surface area contributed by atoms with Gasteiger partial charge < -0.3 is 89.9 Å². The number of amides is 1. The molecule has 0 aromatic rings. The first-order valence-corrected chi connectivity index (χ1v) is 20.3. The van der Waals surface area contributed by atoms with E-state index in [0.717, 1.165) is 25.7 Å². The molecule has 0 spiro atoms. The number of rotatable bonds is 25. The van der Waals surface area contributed by atoms with Crippen molar-refractivity contribution < 1.29 is 89.4 Å². The van der Waals surface area contributed by atoms with Crippen LogP contribution in [0.5, 0.6) is 0 Å². The predicted octanol–water partition coefficient (Wildman–Crippen LogP) is -2.59. The molecule has 19 nitrogen and oxygen atoms in total. The number of aliphatic hydroxyl groups excluding tert-OH is 11. The first kappa shape index (κ1) is 49.2. The Morgan fingerprint density at radius 2 is 1.02 bits per heavy atom. The fourth-order valence-corrected chi connectivity index (χ4v) is 7.18. The van der Waals surface area contributed by atoms with Gasteiger partial charge in [-0.15, -0.1) is 0 Å². The van der Waals surface area contributed by atoms with Crippen LogP contribution < -0.4 is 5.32 Å². The number of hydrogen-bond acceptors (Lipinski definition) is 18. The quantitative estimate of drug-likeness (QED) is 0.0421. The minimum absolute atomic E-state index is 0.218. The second-order valence-electron chi connectivity index (χ2n) is 15.1. The van der Waals surface area contributed by atoms with Crippen LogP contribution in [0.15, 0.2) is 0 Å². The van der Waals surface area contributed by atoms with Crippen LogP contribution >= 0.6 is 0 Å². The van der Waals surface area contributed by atoms with Gasteiger partial charge >= 0.3 is 0 Å². The highest BCUT2D eigenvalue weighted by Crippen LogP contribution is 2.33. The molecule has 0 aromatic heterocycles. The molecule has 0 saturated carbocycles. The minimum atomic E-state index is -1.96. The number of ether oxygens (including phenoxy) is 6. The molecule has 3 heterocycles. The third kappa shape index (κ3) is 13.9. The lowest BCUT2D eigenvalue weighted by Crippen LogP contribution is -2.66. The Kier molecular flexibility index (Phi) is 22.3. The van der Waals surface area contributed by atoms with Crippen molar-refractivity contribution in [3.05, 3.63) is 0 Å². The lowest BCUT2D eigenvalue weighted by Gasteiger charge is -2.48. The van der Waals surface area contributed by atoms with Crippen molar-refractivity contribution in [1.29, 1.82) is 0 Å². The number of aliphatic hydroxyl groups is 11. The van der Waals surface area contributed by atoms with Crippen LogP contribution in [-0.2, 0) is 33.2 Å². The summed E-state index contributed by atoms with van der Waals surface area (Å²) in [7, 11) is 0. The van der Waals surface area contributed by atoms with Crippen LogP contribution in [0, 0.1) is 0 Å². The molecule has 0 radical (unpaired) electrons. The van der Waals surface area contributed by atoms with Gasteiger partial charge in [-0.3, -0.25) is 4.79 Å². The van der Waals surface area contributed by atoms with Crippen LogP contribution in [0.3, 0.4) is 0 Å². The molecule has 3 aliphatic heterocycles. The third-order valence-electron chi connectivity index (χ3n) is 10.7. The van der Waals surface area contributed by atoms with Crippen molar-refractivity contribution in [2.24, 2.45) is 0 Å². The number of unbranched alkanes of at least 4 members (excludes halogenated alkanes) is 9. The van der Waals surface area contributed by atoms with Gasteiger partial charge in [0.2, 0.25) is 5.91 Å². The molecule has 3 saturated heterocycles. The van der Waals surface area contributed by atoms with Gasteiger partial charge in [0.15, 0.2) is 18.9 Å². The molecule has 56 heavy (non-hydrogen) atoms. The summed E-state index contributed by atoms with van der Waals surface area (Å²) in [5, 5.41) is 118. The minimum Gasteiger partial charge on any atom is -0.394 e. The van der Waals surface area contributed by atoms with E-state index < -0.39 is 124 Å². The van der Waals surface area contributed by atoms with Gasteiger partial charge in [-0.2, -0.15) is 0 Å². The molecule has 12 N–H and O–H groups in total. The van der Waals surface area contributed by atoms with Gasteiger partial charge in [0.1, 0.15) is 73.2 Å². The summed E-state index contributed by atoms with van der Waals surface area (Å²) in [6, 6.07) is -0.872. The molecule has 3 fully saturated rings. The van der Waals surface area contributed by atoms with Gasteiger partial charge in [-0.05, 0) is 12.8 Å². The zero-order valence-corrected chi connectivity index (χ0v) is 32.6. The summed E-state index contributed by atoms with van der Waals surface area (Å²) in [5.41, 5.74) is 0. The molecule has 0 aromatic carbocycles. The summed E-state index contributed by atoms with van der Waals surface area (Å²) in [5.74, 6) is -0.301. The smallest absolute Gasteiger partial charge is 0.220 e. The molecule has 3 rings (SSSR count). The standard InChI is InChI=1S/C37H69NO18/c1-3-5-6-7-8-9-10-11-12-13-15-21(42)20(38-25(43)14-4-2)19-51-35-31(49)28(46)33(23(17-40)53-35)56-37-32(50)29(47)34(24(18-41)54-37)55-36-30(48)27(45)26(44)22(16-39)52-36/h20-24,26-37,39-42,44-50H,3-19H2,1-2H3,(H,38,43). The topological polar surface area (TPSA) is 307 Å². The van der Waals surface area contributed by atoms with E-state index >= 15 is 0 Å². The lowest BCUT2D eigenvalue weighted by molar-refractivity contribution is -0.379. The van der Waals surface area contributed by atoms with Gasteiger partial charge in [0, 0.05) is 6.42 Å². The maximum absolute atomic E-state index is 12.5. The number of hydrogen-bond donors (Lipinski definition) is 12. The van der Waals surface area contributed by atoms with Gasteiger partial charge in [-0.1, -0.05) is 78.1 Å². The van der Waals surface area contributed by atoms with Gasteiger partial charge in [0.05, 0.1) is 38.6 Å². The van der Waals surface area contributed by atoms with E-state index in [9.17, 15) is 61.0 Å². The van der Waals surface area contributed by atoms with E-state index in [4.69, 9.17) is 28.4 Å². The molecule has 17 atom stereocenters. The average Bonchev–Trinajstić information content (AvgIpc) is 3.19. The molecule has 17 unspecified atom stereocenters. The monoisotopic (exact) mass is 815 g/mol. The van der Waals surface area contributed by atoms with E-state index in [1.807, 2.05) is 6.92 Å². The Balaban J connectivity index is 1.57. The normalized spacial score (nSPS) is 37.6. The summed E-state index contributed by atoms with van der Waals surface area (Å²) in [6.45, 7) is 1.32. The fourth-order valence-electron chi connectivity index (χ4n) is 7.18. The average molecular weight is 816 g/mol. The van der Waals surface area contributed by atoms with E-state index in [2.05, 4.69) is 12.2 Å². The van der Waals surface area contributed by atoms with E-state index in [1.165, 1.54) is 38.5 Å². The first-order chi connectivity index (χ1) is 26.8. The van der Waals surface area contributed by atoms with Crippen LogP contribution in [0.1, 0.15) is 97.3 Å². The number of nitrogens with one attached hydrogen (secondary N) is 1. The SMILES string of the molecule is CCCCCCCCCCCCC(O)C(COC1OC(CO)C(OC2OC(CO)C(OC3OC(CO)C(O)C(O)C3O)C(O)C2O)C(O)C1O)NC(=O)CCC. The molecular formula is C37H69NO18. The van der Waals surface area contributed by atoms with Crippen LogP contribution in [0.4, 0.5) is 0 Å². The summed E-state index contributed by atoms with van der Waals surface area (Å²) in [4.78, 5) is 12.5. The molecule has 1 amide bonds. The first-order valence-electron chi connectivity index (χ1n) is 20.3. The molecule has 3 aliphatic rings. The van der Waals surface area contributed by atoms with Crippen molar-refractivity contribution in [3.8, 4) is 0 Å². The van der Waals surface area contributed by atoms with Crippen molar-refractivity contribution in [2.75, 3.05) is 26.4 Å². The van der Waals surface area contributed by atoms with Gasteiger partial charge in [0.25, 0.3) is 0 Å². The highest BCUT2D eigenvalue weighted by Gasteiger charge is 2.53. The fraction of sp³-hybridized carbons (Fsp3) is 0.973. The summed E-state index contributed by atoms with van der Waals surface area (Å²) >= 11 is 0. The largest absolute Gasteiger partial charge is 0.394 e. The van der Waals surface area contributed by atoms with Crippen molar-refractivity contribution in [2.45, 2.75) is 202 Å². The Morgan fingerprint density at radius 3 is 1.52 bits per heavy atom. The Labute approximate surface area is 328 Å². The predicted molar refractivity (Wildman–Crippen MR) is 194 cm³/mol. The van der Waals surface area contributed by atoms with Crippen LogP contribution in [-0.4, -0.2) is 193 Å².